The first kappa shape index (κ1) is 20.0. The molecule has 1 atom stereocenters. The minimum atomic E-state index is -0.943. The van der Waals surface area contributed by atoms with Crippen LogP contribution in [0.3, 0.4) is 0 Å². The number of carboxylic acid groups (broad SMARTS) is 1. The lowest BCUT2D eigenvalue weighted by molar-refractivity contribution is -0.141. The summed E-state index contributed by atoms with van der Waals surface area (Å²) in [6, 6.07) is 8.65. The Morgan fingerprint density at radius 1 is 1.18 bits per heavy atom. The number of benzene rings is 1. The zero-order valence-corrected chi connectivity index (χ0v) is 16.7. The number of carbonyl (C=O) groups is 2. The van der Waals surface area contributed by atoms with Gasteiger partial charge in [0.1, 0.15) is 6.33 Å². The Balaban J connectivity index is 1.70. The zero-order chi connectivity index (χ0) is 20.3. The van der Waals surface area contributed by atoms with Gasteiger partial charge in [0, 0.05) is 29.8 Å². The lowest BCUT2D eigenvalue weighted by Gasteiger charge is -2.36. The molecule has 6 heteroatoms. The number of piperidine rings is 1. The van der Waals surface area contributed by atoms with Gasteiger partial charge in [-0.3, -0.25) is 4.79 Å². The van der Waals surface area contributed by atoms with Gasteiger partial charge in [0.25, 0.3) is 0 Å². The predicted octanol–water partition coefficient (Wildman–Crippen LogP) is 3.67. The summed E-state index contributed by atoms with van der Waals surface area (Å²) >= 11 is 0. The van der Waals surface area contributed by atoms with Crippen molar-refractivity contribution >= 4 is 11.9 Å². The van der Waals surface area contributed by atoms with E-state index in [4.69, 9.17) is 5.11 Å². The second-order valence-corrected chi connectivity index (χ2v) is 8.49. The molecule has 0 saturated carbocycles. The average Bonchev–Trinajstić information content (AvgIpc) is 2.67. The molecular formula is C22H27N3O3. The third-order valence-corrected chi connectivity index (χ3v) is 5.10. The third-order valence-electron chi connectivity index (χ3n) is 5.10. The molecule has 2 aromatic rings. The first-order valence-electron chi connectivity index (χ1n) is 9.68. The lowest BCUT2D eigenvalue weighted by atomic mass is 9.89. The van der Waals surface area contributed by atoms with Gasteiger partial charge in [-0.2, -0.15) is 0 Å². The summed E-state index contributed by atoms with van der Waals surface area (Å²) in [6.45, 7) is 7.49. The Morgan fingerprint density at radius 3 is 2.54 bits per heavy atom. The van der Waals surface area contributed by atoms with Crippen molar-refractivity contribution in [2.75, 3.05) is 13.1 Å². The molecule has 1 saturated heterocycles. The highest BCUT2D eigenvalue weighted by molar-refractivity contribution is 5.88. The summed E-state index contributed by atoms with van der Waals surface area (Å²) in [5.41, 5.74) is 2.49. The first-order chi connectivity index (χ1) is 13.2. The predicted molar refractivity (Wildman–Crippen MR) is 107 cm³/mol. The second-order valence-electron chi connectivity index (χ2n) is 8.49. The number of nitrogens with zero attached hydrogens (tertiary/aromatic N) is 3. The molecule has 0 spiro atoms. The normalized spacial score (nSPS) is 17.4. The molecule has 1 aliphatic heterocycles. The van der Waals surface area contributed by atoms with Gasteiger partial charge in [-0.1, -0.05) is 32.9 Å². The second kappa shape index (κ2) is 8.09. The summed E-state index contributed by atoms with van der Waals surface area (Å²) in [5.74, 6) is -0.349. The Hall–Kier alpha value is -2.76. The number of carbonyl (C=O) groups excluding carboxylic acids is 1. The molecule has 0 unspecified atom stereocenters. The highest BCUT2D eigenvalue weighted by Crippen LogP contribution is 2.26. The summed E-state index contributed by atoms with van der Waals surface area (Å²) in [4.78, 5) is 34.3. The van der Waals surface area contributed by atoms with E-state index in [1.807, 2.05) is 31.7 Å². The average molecular weight is 381 g/mol. The van der Waals surface area contributed by atoms with E-state index in [0.29, 0.717) is 5.92 Å². The van der Waals surface area contributed by atoms with Gasteiger partial charge in [0.2, 0.25) is 5.91 Å². The summed E-state index contributed by atoms with van der Waals surface area (Å²) in [5, 5.41) is 9.03. The van der Waals surface area contributed by atoms with E-state index >= 15 is 0 Å². The van der Waals surface area contributed by atoms with Crippen LogP contribution in [-0.2, 0) is 11.2 Å². The van der Waals surface area contributed by atoms with Gasteiger partial charge in [0.05, 0.1) is 11.3 Å². The molecule has 28 heavy (non-hydrogen) atoms. The van der Waals surface area contributed by atoms with E-state index in [0.717, 1.165) is 49.3 Å². The summed E-state index contributed by atoms with van der Waals surface area (Å²) in [7, 11) is 0. The fraction of sp³-hybridized carbons (Fsp3) is 0.455. The van der Waals surface area contributed by atoms with Crippen LogP contribution < -0.4 is 0 Å². The molecule has 0 radical (unpaired) electrons. The van der Waals surface area contributed by atoms with E-state index in [1.54, 1.807) is 30.6 Å². The van der Waals surface area contributed by atoms with Crippen molar-refractivity contribution in [1.82, 2.24) is 14.9 Å². The maximum Gasteiger partial charge on any atom is 0.335 e. The number of rotatable bonds is 4. The first-order valence-corrected chi connectivity index (χ1v) is 9.68. The van der Waals surface area contributed by atoms with Crippen molar-refractivity contribution in [3.8, 4) is 11.3 Å². The van der Waals surface area contributed by atoms with Crippen molar-refractivity contribution in [3.05, 3.63) is 47.9 Å². The molecule has 1 amide bonds. The van der Waals surface area contributed by atoms with E-state index in [1.165, 1.54) is 0 Å². The van der Waals surface area contributed by atoms with Gasteiger partial charge >= 0.3 is 5.97 Å². The van der Waals surface area contributed by atoms with Crippen LogP contribution in [-0.4, -0.2) is 44.9 Å². The standard InChI is InChI=1S/C22H27N3O3/c1-22(2,3)21(28)25-10-4-5-15(13-25)11-18-12-19(24-14-23-18)16-6-8-17(9-7-16)20(26)27/h6-9,12,14-15H,4-5,10-11,13H2,1-3H3,(H,26,27)/t15-/m0/s1. The van der Waals surface area contributed by atoms with Gasteiger partial charge < -0.3 is 10.0 Å². The van der Waals surface area contributed by atoms with E-state index in [-0.39, 0.29) is 16.9 Å². The third kappa shape index (κ3) is 4.74. The number of aromatic nitrogens is 2. The van der Waals surface area contributed by atoms with Crippen molar-refractivity contribution in [2.24, 2.45) is 11.3 Å². The Kier molecular flexibility index (Phi) is 5.77. The van der Waals surface area contributed by atoms with Crippen LogP contribution in [0, 0.1) is 11.3 Å². The molecular weight excluding hydrogens is 354 g/mol. The minimum absolute atomic E-state index is 0.207. The quantitative estimate of drug-likeness (QED) is 0.874. The minimum Gasteiger partial charge on any atom is -0.478 e. The van der Waals surface area contributed by atoms with Crippen LogP contribution in [0.4, 0.5) is 0 Å². The largest absolute Gasteiger partial charge is 0.478 e. The molecule has 0 bridgehead atoms. The van der Waals surface area contributed by atoms with Crippen LogP contribution in [0.5, 0.6) is 0 Å². The molecule has 0 aliphatic carbocycles. The highest BCUT2D eigenvalue weighted by Gasteiger charge is 2.31. The van der Waals surface area contributed by atoms with E-state index < -0.39 is 5.97 Å². The Morgan fingerprint density at radius 2 is 1.89 bits per heavy atom. The number of hydrogen-bond donors (Lipinski definition) is 1. The summed E-state index contributed by atoms with van der Waals surface area (Å²) < 4.78 is 0. The zero-order valence-electron chi connectivity index (χ0n) is 16.7. The molecule has 6 nitrogen and oxygen atoms in total. The molecule has 1 N–H and O–H groups in total. The Labute approximate surface area is 165 Å². The van der Waals surface area contributed by atoms with Crippen molar-refractivity contribution in [3.63, 3.8) is 0 Å². The van der Waals surface area contributed by atoms with Crippen LogP contribution in [0.15, 0.2) is 36.7 Å². The van der Waals surface area contributed by atoms with Gasteiger partial charge in [-0.05, 0) is 43.4 Å². The van der Waals surface area contributed by atoms with Crippen LogP contribution >= 0.6 is 0 Å². The molecule has 1 aromatic heterocycles. The van der Waals surface area contributed by atoms with Crippen LogP contribution in [0.1, 0.15) is 49.7 Å². The van der Waals surface area contributed by atoms with Gasteiger partial charge in [0.15, 0.2) is 0 Å². The Bertz CT molecular complexity index is 856. The number of likely N-dealkylation sites (tertiary alicyclic amines) is 1. The van der Waals surface area contributed by atoms with Crippen molar-refractivity contribution in [2.45, 2.75) is 40.0 Å². The monoisotopic (exact) mass is 381 g/mol. The number of amides is 1. The highest BCUT2D eigenvalue weighted by atomic mass is 16.4. The number of aromatic carboxylic acids is 1. The fourth-order valence-corrected chi connectivity index (χ4v) is 3.64. The smallest absolute Gasteiger partial charge is 0.335 e. The molecule has 3 rings (SSSR count). The van der Waals surface area contributed by atoms with Crippen molar-refractivity contribution in [1.29, 1.82) is 0 Å². The maximum atomic E-state index is 12.6. The van der Waals surface area contributed by atoms with Gasteiger partial charge in [-0.15, -0.1) is 0 Å². The molecule has 1 aliphatic rings. The van der Waals surface area contributed by atoms with Gasteiger partial charge in [-0.25, -0.2) is 14.8 Å². The van der Waals surface area contributed by atoms with Crippen molar-refractivity contribution < 1.29 is 14.7 Å². The lowest BCUT2D eigenvalue weighted by Crippen LogP contribution is -2.45. The summed E-state index contributed by atoms with van der Waals surface area (Å²) in [6.07, 6.45) is 4.45. The maximum absolute atomic E-state index is 12.6. The molecule has 148 valence electrons. The fourth-order valence-electron chi connectivity index (χ4n) is 3.64. The van der Waals surface area contributed by atoms with Crippen LogP contribution in [0.2, 0.25) is 0 Å². The molecule has 2 heterocycles. The molecule has 1 aromatic carbocycles. The number of carboxylic acids is 1. The number of hydrogen-bond acceptors (Lipinski definition) is 4. The molecule has 1 fully saturated rings. The van der Waals surface area contributed by atoms with E-state index in [9.17, 15) is 9.59 Å². The van der Waals surface area contributed by atoms with Crippen LogP contribution in [0.25, 0.3) is 11.3 Å². The SMILES string of the molecule is CC(C)(C)C(=O)N1CCC[C@@H](Cc2cc(-c3ccc(C(=O)O)cc3)ncn2)C1. The van der Waals surface area contributed by atoms with E-state index in [2.05, 4.69) is 9.97 Å². The topological polar surface area (TPSA) is 83.4 Å².